The monoisotopic (exact) mass is 552 g/mol. The van der Waals surface area contributed by atoms with Crippen molar-refractivity contribution in [1.29, 1.82) is 0 Å². The predicted molar refractivity (Wildman–Crippen MR) is 119 cm³/mol. The predicted octanol–water partition coefficient (Wildman–Crippen LogP) is -2.13. The van der Waals surface area contributed by atoms with E-state index in [1.807, 2.05) is 0 Å². The van der Waals surface area contributed by atoms with Crippen LogP contribution in [-0.4, -0.2) is 59.2 Å². The van der Waals surface area contributed by atoms with Gasteiger partial charge in [-0.05, 0) is 12.8 Å². The third-order valence-corrected chi connectivity index (χ3v) is 7.06. The van der Waals surface area contributed by atoms with Crippen molar-refractivity contribution in [3.8, 4) is 0 Å². The maximum atomic E-state index is 2.45. The Labute approximate surface area is 206 Å². The first kappa shape index (κ1) is 32.2. The van der Waals surface area contributed by atoms with E-state index in [-0.39, 0.29) is 44.9 Å². The van der Waals surface area contributed by atoms with Crippen LogP contribution in [0.5, 0.6) is 0 Å². The van der Waals surface area contributed by atoms with E-state index in [1.165, 1.54) is 113 Å². The highest BCUT2D eigenvalue weighted by atomic mass is 79.9. The summed E-state index contributed by atoms with van der Waals surface area (Å²) in [4.78, 5) is 0. The van der Waals surface area contributed by atoms with Gasteiger partial charge in [-0.25, -0.2) is 0 Å². The van der Waals surface area contributed by atoms with Gasteiger partial charge in [-0.1, -0.05) is 51.0 Å². The number of likely N-dealkylation sites (tertiary alicyclic amines) is 2. The van der Waals surface area contributed by atoms with Crippen LogP contribution < -0.4 is 34.0 Å². The molecule has 3 rings (SSSR count). The van der Waals surface area contributed by atoms with Gasteiger partial charge in [0.05, 0.1) is 39.3 Å². The number of hydrogen-bond acceptors (Lipinski definition) is 0. The highest BCUT2D eigenvalue weighted by Crippen LogP contribution is 2.27. The molecule has 178 valence electrons. The average molecular weight is 554 g/mol. The fourth-order valence-corrected chi connectivity index (χ4v) is 5.45. The van der Waals surface area contributed by atoms with Gasteiger partial charge in [0.1, 0.15) is 13.1 Å². The molecule has 2 fully saturated rings. The molecule has 0 saturated carbocycles. The lowest BCUT2D eigenvalue weighted by Gasteiger charge is -2.35. The van der Waals surface area contributed by atoms with Crippen LogP contribution in [0.15, 0.2) is 24.3 Å². The van der Waals surface area contributed by atoms with Gasteiger partial charge in [0.15, 0.2) is 0 Å². The molecule has 4 N–H and O–H groups in total. The maximum absolute atomic E-state index is 2.45. The Morgan fingerprint density at radius 3 is 1.17 bits per heavy atom. The van der Waals surface area contributed by atoms with E-state index >= 15 is 0 Å². The summed E-state index contributed by atoms with van der Waals surface area (Å²) < 4.78 is 2.70. The Kier molecular flexibility index (Phi) is 16.9. The van der Waals surface area contributed by atoms with Gasteiger partial charge in [-0.3, -0.25) is 0 Å². The molecule has 2 aliphatic rings. The van der Waals surface area contributed by atoms with Gasteiger partial charge in [0, 0.05) is 36.8 Å². The van der Waals surface area contributed by atoms with Crippen molar-refractivity contribution in [3.05, 3.63) is 35.4 Å². The zero-order chi connectivity index (χ0) is 18.3. The summed E-state index contributed by atoms with van der Waals surface area (Å²) in [6.07, 6.45) is 11.1. The normalized spacial score (nSPS) is 18.5. The molecule has 0 unspecified atom stereocenters. The SMILES string of the molecule is CCCC[N+]1(Cc2ccc(C[N+]3(CCCC)CCCC3)cc2)CCCC1.O.O.[Br-].[Br-]. The highest BCUT2D eigenvalue weighted by molar-refractivity contribution is 5.21. The van der Waals surface area contributed by atoms with Crippen LogP contribution in [-0.2, 0) is 13.1 Å². The molecule has 4 nitrogen and oxygen atoms in total. The second-order valence-electron chi connectivity index (χ2n) is 9.28. The first-order chi connectivity index (χ1) is 12.7. The van der Waals surface area contributed by atoms with E-state index in [4.69, 9.17) is 0 Å². The summed E-state index contributed by atoms with van der Waals surface area (Å²) in [6, 6.07) is 9.80. The van der Waals surface area contributed by atoms with E-state index in [1.54, 1.807) is 11.1 Å². The summed E-state index contributed by atoms with van der Waals surface area (Å²) >= 11 is 0. The van der Waals surface area contributed by atoms with Gasteiger partial charge < -0.3 is 53.9 Å². The fraction of sp³-hybridized carbons (Fsp3) is 0.750. The Hall–Kier alpha value is 0.0200. The molecule has 1 aromatic rings. The molecule has 0 amide bonds. The molecule has 0 spiro atoms. The number of nitrogens with zero attached hydrogens (tertiary/aromatic N) is 2. The van der Waals surface area contributed by atoms with Crippen LogP contribution in [0.4, 0.5) is 0 Å². The van der Waals surface area contributed by atoms with Crippen LogP contribution >= 0.6 is 0 Å². The van der Waals surface area contributed by atoms with E-state index < -0.39 is 0 Å². The van der Waals surface area contributed by atoms with E-state index in [0.29, 0.717) is 0 Å². The van der Waals surface area contributed by atoms with Gasteiger partial charge in [-0.15, -0.1) is 0 Å². The molecule has 0 aliphatic carbocycles. The minimum absolute atomic E-state index is 0. The summed E-state index contributed by atoms with van der Waals surface area (Å²) in [5.41, 5.74) is 3.13. The van der Waals surface area contributed by atoms with Crippen molar-refractivity contribution in [2.75, 3.05) is 39.3 Å². The van der Waals surface area contributed by atoms with E-state index in [2.05, 4.69) is 38.1 Å². The molecule has 2 saturated heterocycles. The first-order valence-corrected chi connectivity index (χ1v) is 11.5. The van der Waals surface area contributed by atoms with Crippen LogP contribution in [0.3, 0.4) is 0 Å². The number of hydrogen-bond donors (Lipinski definition) is 0. The molecule has 0 atom stereocenters. The van der Waals surface area contributed by atoms with Gasteiger partial charge in [-0.2, -0.15) is 0 Å². The molecule has 2 heterocycles. The van der Waals surface area contributed by atoms with Crippen molar-refractivity contribution in [3.63, 3.8) is 0 Å². The van der Waals surface area contributed by atoms with Gasteiger partial charge in [0.25, 0.3) is 0 Å². The van der Waals surface area contributed by atoms with Crippen LogP contribution in [0.25, 0.3) is 0 Å². The lowest BCUT2D eigenvalue weighted by Crippen LogP contribution is -3.00. The van der Waals surface area contributed by atoms with Crippen molar-refractivity contribution in [1.82, 2.24) is 0 Å². The fourth-order valence-electron chi connectivity index (χ4n) is 5.45. The molecule has 2 aliphatic heterocycles. The highest BCUT2D eigenvalue weighted by Gasteiger charge is 2.33. The van der Waals surface area contributed by atoms with Gasteiger partial charge >= 0.3 is 0 Å². The van der Waals surface area contributed by atoms with E-state index in [0.717, 1.165) is 0 Å². The van der Waals surface area contributed by atoms with Crippen molar-refractivity contribution in [2.24, 2.45) is 0 Å². The second kappa shape index (κ2) is 15.8. The number of rotatable bonds is 10. The zero-order valence-electron chi connectivity index (χ0n) is 19.3. The molecule has 6 heteroatoms. The molecule has 0 bridgehead atoms. The largest absolute Gasteiger partial charge is 1.00 e. The van der Waals surface area contributed by atoms with Crippen LogP contribution in [0.1, 0.15) is 76.3 Å². The summed E-state index contributed by atoms with van der Waals surface area (Å²) in [6.45, 7) is 15.6. The Bertz CT molecular complexity index is 494. The summed E-state index contributed by atoms with van der Waals surface area (Å²) in [7, 11) is 0. The molecule has 1 aromatic carbocycles. The number of halogens is 2. The smallest absolute Gasteiger partial charge is 0.104 e. The summed E-state index contributed by atoms with van der Waals surface area (Å²) in [5, 5.41) is 0. The van der Waals surface area contributed by atoms with Crippen LogP contribution in [0, 0.1) is 0 Å². The molecular formula is C24H46Br2N2O2. The minimum atomic E-state index is 0. The number of unbranched alkanes of at least 4 members (excludes halogenated alkanes) is 2. The summed E-state index contributed by atoms with van der Waals surface area (Å²) in [5.74, 6) is 0. The second-order valence-corrected chi connectivity index (χ2v) is 9.28. The minimum Gasteiger partial charge on any atom is -1.00 e. The lowest BCUT2D eigenvalue weighted by atomic mass is 10.1. The lowest BCUT2D eigenvalue weighted by molar-refractivity contribution is -0.930. The van der Waals surface area contributed by atoms with Crippen LogP contribution in [0.2, 0.25) is 0 Å². The number of benzene rings is 1. The Morgan fingerprint density at radius 2 is 0.900 bits per heavy atom. The molecule has 0 radical (unpaired) electrons. The quantitative estimate of drug-likeness (QED) is 0.297. The standard InChI is InChI=1S/C24H42N2.2BrH.2H2O/c1-3-5-15-25(17-7-8-18-25)21-23-11-13-24(14-12-23)22-26(16-6-4-2)19-9-10-20-26;;;;/h11-14H,3-10,15-22H2,1-2H3;2*1H;2*1H2/q+2;;;;/p-2. The van der Waals surface area contributed by atoms with Gasteiger partial charge in [0.2, 0.25) is 0 Å². The molecule has 0 aromatic heterocycles. The average Bonchev–Trinajstić information content (AvgIpc) is 3.31. The third kappa shape index (κ3) is 8.87. The molecular weight excluding hydrogens is 508 g/mol. The van der Waals surface area contributed by atoms with Crippen molar-refractivity contribution >= 4 is 0 Å². The zero-order valence-corrected chi connectivity index (χ0v) is 22.4. The maximum Gasteiger partial charge on any atom is 0.104 e. The number of quaternary nitrogens is 2. The Morgan fingerprint density at radius 1 is 0.600 bits per heavy atom. The first-order valence-electron chi connectivity index (χ1n) is 11.5. The third-order valence-electron chi connectivity index (χ3n) is 7.06. The Balaban J connectivity index is 0. The topological polar surface area (TPSA) is 63.0 Å². The van der Waals surface area contributed by atoms with Crippen molar-refractivity contribution < 1.29 is 53.9 Å². The van der Waals surface area contributed by atoms with Crippen molar-refractivity contribution in [2.45, 2.75) is 78.3 Å². The molecule has 30 heavy (non-hydrogen) atoms. The van der Waals surface area contributed by atoms with E-state index in [9.17, 15) is 0 Å².